The molecular formula is C23H26N2O4. The number of nitrogens with zero attached hydrogens (tertiary/aromatic N) is 1. The van der Waals surface area contributed by atoms with Gasteiger partial charge in [0.25, 0.3) is 5.91 Å². The van der Waals surface area contributed by atoms with E-state index in [1.54, 1.807) is 49.2 Å². The predicted molar refractivity (Wildman–Crippen MR) is 112 cm³/mol. The highest BCUT2D eigenvalue weighted by molar-refractivity contribution is 6.05. The van der Waals surface area contributed by atoms with Crippen LogP contribution in [-0.4, -0.2) is 31.4 Å². The second-order valence-corrected chi connectivity index (χ2v) is 7.82. The minimum atomic E-state index is -0.411. The fourth-order valence-corrected chi connectivity index (χ4v) is 3.48. The first kappa shape index (κ1) is 20.6. The van der Waals surface area contributed by atoms with E-state index in [0.717, 1.165) is 17.7 Å². The van der Waals surface area contributed by atoms with Crippen LogP contribution in [0.3, 0.4) is 0 Å². The summed E-state index contributed by atoms with van der Waals surface area (Å²) in [5.41, 5.74) is 3.23. The molecule has 0 aliphatic carbocycles. The van der Waals surface area contributed by atoms with Gasteiger partial charge in [0.15, 0.2) is 0 Å². The third-order valence-electron chi connectivity index (χ3n) is 5.34. The highest BCUT2D eigenvalue weighted by Crippen LogP contribution is 2.40. The van der Waals surface area contributed by atoms with Crippen LogP contribution < -0.4 is 10.2 Å². The van der Waals surface area contributed by atoms with Gasteiger partial charge in [-0.2, -0.15) is 0 Å². The van der Waals surface area contributed by atoms with E-state index >= 15 is 0 Å². The Bertz CT molecular complexity index is 948. The molecular weight excluding hydrogens is 368 g/mol. The molecule has 0 atom stereocenters. The summed E-state index contributed by atoms with van der Waals surface area (Å²) in [5, 5.41) is 2.91. The summed E-state index contributed by atoms with van der Waals surface area (Å²) in [5.74, 6) is -0.586. The molecule has 1 heterocycles. The number of carbonyl (C=O) groups is 3. The number of benzene rings is 2. The summed E-state index contributed by atoms with van der Waals surface area (Å²) in [6.07, 6.45) is 1.24. The summed E-state index contributed by atoms with van der Waals surface area (Å²) in [6, 6.07) is 12.0. The topological polar surface area (TPSA) is 75.7 Å². The monoisotopic (exact) mass is 394 g/mol. The maximum Gasteiger partial charge on any atom is 0.338 e. The van der Waals surface area contributed by atoms with Crippen molar-refractivity contribution < 1.29 is 19.1 Å². The first-order chi connectivity index (χ1) is 13.7. The van der Waals surface area contributed by atoms with Crippen molar-refractivity contribution in [2.24, 2.45) is 0 Å². The van der Waals surface area contributed by atoms with Gasteiger partial charge in [0.2, 0.25) is 5.91 Å². The molecule has 1 aliphatic rings. The number of esters is 1. The van der Waals surface area contributed by atoms with Crippen LogP contribution in [0.5, 0.6) is 0 Å². The molecule has 0 bridgehead atoms. The lowest BCUT2D eigenvalue weighted by Gasteiger charge is -2.27. The molecule has 0 unspecified atom stereocenters. The standard InChI is InChI=1S/C23H26N2O4/c1-5-29-22(28)16-8-6-15(7-9-16)21(27)24-17-10-11-19-18(14-17)23(2,3)13-12-20(26)25(19)4/h6-11,14H,5,12-13H2,1-4H3,(H,24,27). The zero-order valence-electron chi connectivity index (χ0n) is 17.2. The van der Waals surface area contributed by atoms with Crippen molar-refractivity contribution in [3.63, 3.8) is 0 Å². The molecule has 29 heavy (non-hydrogen) atoms. The van der Waals surface area contributed by atoms with Crippen molar-refractivity contribution in [2.75, 3.05) is 23.9 Å². The quantitative estimate of drug-likeness (QED) is 0.791. The van der Waals surface area contributed by atoms with Crippen LogP contribution in [-0.2, 0) is 14.9 Å². The second-order valence-electron chi connectivity index (χ2n) is 7.82. The van der Waals surface area contributed by atoms with Gasteiger partial charge >= 0.3 is 5.97 Å². The molecule has 6 nitrogen and oxygen atoms in total. The number of amides is 2. The van der Waals surface area contributed by atoms with Crippen LogP contribution in [0.2, 0.25) is 0 Å². The number of ether oxygens (including phenoxy) is 1. The van der Waals surface area contributed by atoms with Gasteiger partial charge in [-0.15, -0.1) is 0 Å². The molecule has 2 amide bonds. The number of carbonyl (C=O) groups excluding carboxylic acids is 3. The number of rotatable bonds is 4. The van der Waals surface area contributed by atoms with Gasteiger partial charge in [-0.05, 0) is 66.8 Å². The van der Waals surface area contributed by atoms with E-state index in [2.05, 4.69) is 19.2 Å². The molecule has 0 spiro atoms. The third kappa shape index (κ3) is 4.31. The zero-order chi connectivity index (χ0) is 21.2. The molecule has 0 radical (unpaired) electrons. The number of hydrogen-bond donors (Lipinski definition) is 1. The molecule has 0 aromatic heterocycles. The molecule has 152 valence electrons. The summed E-state index contributed by atoms with van der Waals surface area (Å²) in [6.45, 7) is 6.27. The van der Waals surface area contributed by atoms with Gasteiger partial charge in [0.1, 0.15) is 0 Å². The van der Waals surface area contributed by atoms with Crippen molar-refractivity contribution >= 4 is 29.2 Å². The Morgan fingerprint density at radius 1 is 1.10 bits per heavy atom. The van der Waals surface area contributed by atoms with E-state index < -0.39 is 5.97 Å². The second kappa shape index (κ2) is 8.07. The lowest BCUT2D eigenvalue weighted by Crippen LogP contribution is -2.25. The Labute approximate surface area is 170 Å². The number of hydrogen-bond acceptors (Lipinski definition) is 4. The van der Waals surface area contributed by atoms with E-state index in [1.807, 2.05) is 12.1 Å². The first-order valence-electron chi connectivity index (χ1n) is 9.72. The summed E-state index contributed by atoms with van der Waals surface area (Å²) in [4.78, 5) is 38.3. The minimum absolute atomic E-state index is 0.0929. The highest BCUT2D eigenvalue weighted by Gasteiger charge is 2.31. The first-order valence-corrected chi connectivity index (χ1v) is 9.72. The van der Waals surface area contributed by atoms with Crippen molar-refractivity contribution in [1.82, 2.24) is 0 Å². The largest absolute Gasteiger partial charge is 0.462 e. The highest BCUT2D eigenvalue weighted by atomic mass is 16.5. The molecule has 0 fully saturated rings. The molecule has 0 saturated carbocycles. The van der Waals surface area contributed by atoms with Gasteiger partial charge in [-0.25, -0.2) is 4.79 Å². The van der Waals surface area contributed by atoms with Crippen LogP contribution >= 0.6 is 0 Å². The molecule has 3 rings (SSSR count). The van der Waals surface area contributed by atoms with Gasteiger partial charge in [0.05, 0.1) is 12.2 Å². The van der Waals surface area contributed by atoms with E-state index in [9.17, 15) is 14.4 Å². The SMILES string of the molecule is CCOC(=O)c1ccc(C(=O)Nc2ccc3c(c2)C(C)(C)CCC(=O)N3C)cc1. The molecule has 0 saturated heterocycles. The van der Waals surface area contributed by atoms with Crippen LogP contribution in [0.1, 0.15) is 59.9 Å². The van der Waals surface area contributed by atoms with Crippen LogP contribution in [0.15, 0.2) is 42.5 Å². The smallest absolute Gasteiger partial charge is 0.338 e. The lowest BCUT2D eigenvalue weighted by atomic mass is 9.80. The van der Waals surface area contributed by atoms with Crippen LogP contribution in [0, 0.1) is 0 Å². The summed E-state index contributed by atoms with van der Waals surface area (Å²) in [7, 11) is 1.78. The Balaban J connectivity index is 1.82. The van der Waals surface area contributed by atoms with E-state index in [1.165, 1.54) is 0 Å². The number of anilines is 2. The van der Waals surface area contributed by atoms with Crippen molar-refractivity contribution in [1.29, 1.82) is 0 Å². The maximum atomic E-state index is 12.6. The molecule has 2 aromatic carbocycles. The Hall–Kier alpha value is -3.15. The zero-order valence-corrected chi connectivity index (χ0v) is 17.2. The Morgan fingerprint density at radius 3 is 2.41 bits per heavy atom. The van der Waals surface area contributed by atoms with Gasteiger partial charge < -0.3 is 15.0 Å². The molecule has 1 aliphatic heterocycles. The average molecular weight is 394 g/mol. The molecule has 6 heteroatoms. The van der Waals surface area contributed by atoms with Gasteiger partial charge in [0, 0.05) is 30.4 Å². The lowest BCUT2D eigenvalue weighted by molar-refractivity contribution is -0.118. The van der Waals surface area contributed by atoms with Crippen LogP contribution in [0.4, 0.5) is 11.4 Å². The maximum absolute atomic E-state index is 12.6. The summed E-state index contributed by atoms with van der Waals surface area (Å²) >= 11 is 0. The molecule has 2 aromatic rings. The Kier molecular flexibility index (Phi) is 5.73. The normalized spacial score (nSPS) is 15.3. The predicted octanol–water partition coefficient (Wildman–Crippen LogP) is 4.15. The molecule has 1 N–H and O–H groups in total. The number of fused-ring (bicyclic) bond motifs is 1. The summed E-state index contributed by atoms with van der Waals surface area (Å²) < 4.78 is 4.96. The van der Waals surface area contributed by atoms with E-state index in [4.69, 9.17) is 4.74 Å². The fraction of sp³-hybridized carbons (Fsp3) is 0.348. The van der Waals surface area contributed by atoms with E-state index in [0.29, 0.717) is 29.8 Å². The third-order valence-corrected chi connectivity index (χ3v) is 5.34. The fourth-order valence-electron chi connectivity index (χ4n) is 3.48. The van der Waals surface area contributed by atoms with Crippen molar-refractivity contribution in [2.45, 2.75) is 39.0 Å². The van der Waals surface area contributed by atoms with Crippen LogP contribution in [0.25, 0.3) is 0 Å². The Morgan fingerprint density at radius 2 is 1.76 bits per heavy atom. The number of nitrogens with one attached hydrogen (secondary N) is 1. The average Bonchev–Trinajstić information content (AvgIpc) is 2.79. The van der Waals surface area contributed by atoms with Gasteiger partial charge in [-0.3, -0.25) is 9.59 Å². The van der Waals surface area contributed by atoms with Gasteiger partial charge in [-0.1, -0.05) is 13.8 Å². The van der Waals surface area contributed by atoms with Crippen molar-refractivity contribution in [3.05, 3.63) is 59.2 Å². The minimum Gasteiger partial charge on any atom is -0.462 e. The van der Waals surface area contributed by atoms with E-state index in [-0.39, 0.29) is 17.2 Å². The van der Waals surface area contributed by atoms with Crippen molar-refractivity contribution in [3.8, 4) is 0 Å².